The lowest BCUT2D eigenvalue weighted by atomic mass is 10.2. The molecule has 0 bridgehead atoms. The van der Waals surface area contributed by atoms with E-state index >= 15 is 0 Å². The molecule has 0 unspecified atom stereocenters. The number of aliphatic hydroxyl groups is 1. The summed E-state index contributed by atoms with van der Waals surface area (Å²) in [5.74, 6) is 0.627. The summed E-state index contributed by atoms with van der Waals surface area (Å²) in [6, 6.07) is 0. The van der Waals surface area contributed by atoms with Crippen molar-refractivity contribution < 1.29 is 9.84 Å². The quantitative estimate of drug-likeness (QED) is 0.761. The van der Waals surface area contributed by atoms with Crippen LogP contribution >= 0.6 is 0 Å². The van der Waals surface area contributed by atoms with Gasteiger partial charge in [0.25, 0.3) is 5.56 Å². The summed E-state index contributed by atoms with van der Waals surface area (Å²) in [6.45, 7) is 5.84. The van der Waals surface area contributed by atoms with Gasteiger partial charge in [-0.1, -0.05) is 12.8 Å². The number of aromatic nitrogens is 4. The Labute approximate surface area is 157 Å². The van der Waals surface area contributed by atoms with Gasteiger partial charge in [-0.3, -0.25) is 14.3 Å². The van der Waals surface area contributed by atoms with Crippen molar-refractivity contribution in [2.45, 2.75) is 58.3 Å². The first kappa shape index (κ1) is 19.6. The lowest BCUT2D eigenvalue weighted by Gasteiger charge is -2.24. The van der Waals surface area contributed by atoms with Crippen molar-refractivity contribution in [1.29, 1.82) is 0 Å². The Morgan fingerprint density at radius 3 is 2.48 bits per heavy atom. The number of anilines is 1. The number of aromatic amines is 1. The molecule has 0 aliphatic carbocycles. The molecule has 1 fully saturated rings. The summed E-state index contributed by atoms with van der Waals surface area (Å²) in [5, 5.41) is 10.4. The zero-order valence-electron chi connectivity index (χ0n) is 16.3. The number of aliphatic hydroxyl groups excluding tert-OH is 1. The Balaban J connectivity index is 2.06. The van der Waals surface area contributed by atoms with Crippen LogP contribution in [0.2, 0.25) is 0 Å². The minimum atomic E-state index is -0.785. The Hall–Kier alpha value is -2.13. The van der Waals surface area contributed by atoms with Gasteiger partial charge in [0.15, 0.2) is 11.2 Å². The second-order valence-electron chi connectivity index (χ2n) is 7.45. The summed E-state index contributed by atoms with van der Waals surface area (Å²) in [5.41, 5.74) is -0.346. The number of hydrogen-bond donors (Lipinski definition) is 2. The van der Waals surface area contributed by atoms with Gasteiger partial charge in [-0.25, -0.2) is 4.79 Å². The van der Waals surface area contributed by atoms with Crippen molar-refractivity contribution in [3.8, 4) is 0 Å². The van der Waals surface area contributed by atoms with Crippen molar-refractivity contribution in [2.75, 3.05) is 24.6 Å². The maximum absolute atomic E-state index is 12.5. The van der Waals surface area contributed by atoms with Crippen LogP contribution in [-0.2, 0) is 18.3 Å². The normalized spacial score (nSPS) is 16.9. The fraction of sp³-hybridized carbons (Fsp3) is 0.722. The first-order valence-electron chi connectivity index (χ1n) is 9.62. The molecule has 2 N–H and O–H groups in total. The van der Waals surface area contributed by atoms with E-state index in [9.17, 15) is 14.7 Å². The van der Waals surface area contributed by atoms with E-state index in [1.165, 1.54) is 17.4 Å². The molecule has 0 radical (unpaired) electrons. The zero-order valence-corrected chi connectivity index (χ0v) is 16.3. The monoisotopic (exact) mass is 379 g/mol. The van der Waals surface area contributed by atoms with Gasteiger partial charge >= 0.3 is 5.69 Å². The third-order valence-electron chi connectivity index (χ3n) is 4.89. The van der Waals surface area contributed by atoms with Crippen LogP contribution < -0.4 is 16.1 Å². The molecule has 0 amide bonds. The molecule has 0 spiro atoms. The molecule has 1 aliphatic heterocycles. The van der Waals surface area contributed by atoms with Gasteiger partial charge < -0.3 is 19.3 Å². The standard InChI is InChI=1S/C18H29N5O4/c1-12(2)27-11-13(24)10-23-14-15(21(3)18(26)20-16(14)25)19-17(23)22-8-6-4-5-7-9-22/h12-13,24H,4-11H2,1-3H3,(H,20,25,26)/t13-/m1/s1. The molecule has 1 saturated heterocycles. The second kappa shape index (κ2) is 8.26. The van der Waals surface area contributed by atoms with Gasteiger partial charge in [0.2, 0.25) is 5.95 Å². The van der Waals surface area contributed by atoms with Crippen LogP contribution in [0.4, 0.5) is 5.95 Å². The van der Waals surface area contributed by atoms with Crippen molar-refractivity contribution in [3.63, 3.8) is 0 Å². The van der Waals surface area contributed by atoms with Crippen LogP contribution in [0, 0.1) is 0 Å². The van der Waals surface area contributed by atoms with Crippen LogP contribution in [0.5, 0.6) is 0 Å². The topological polar surface area (TPSA) is 105 Å². The summed E-state index contributed by atoms with van der Waals surface area (Å²) in [4.78, 5) is 33.6. The molecule has 9 nitrogen and oxygen atoms in total. The molecule has 0 aromatic carbocycles. The smallest absolute Gasteiger partial charge is 0.329 e. The largest absolute Gasteiger partial charge is 0.389 e. The van der Waals surface area contributed by atoms with Gasteiger partial charge in [0, 0.05) is 20.1 Å². The SMILES string of the molecule is CC(C)OC[C@H](O)Cn1c(N2CCCCCC2)nc2c1c(=O)[nH]c(=O)n2C. The van der Waals surface area contributed by atoms with Crippen LogP contribution in [0.25, 0.3) is 11.2 Å². The van der Waals surface area contributed by atoms with Crippen LogP contribution in [0.1, 0.15) is 39.5 Å². The highest BCUT2D eigenvalue weighted by Gasteiger charge is 2.24. The van der Waals surface area contributed by atoms with Gasteiger partial charge in [-0.2, -0.15) is 4.98 Å². The number of H-pyrrole nitrogens is 1. The number of nitrogens with zero attached hydrogens (tertiary/aromatic N) is 4. The molecule has 2 aromatic heterocycles. The minimum Gasteiger partial charge on any atom is -0.389 e. The molecule has 3 heterocycles. The first-order chi connectivity index (χ1) is 12.9. The molecular weight excluding hydrogens is 350 g/mol. The molecule has 1 aliphatic rings. The van der Waals surface area contributed by atoms with Crippen molar-refractivity contribution >= 4 is 17.1 Å². The van der Waals surface area contributed by atoms with Crippen molar-refractivity contribution in [3.05, 3.63) is 20.8 Å². The van der Waals surface area contributed by atoms with E-state index in [1.807, 2.05) is 13.8 Å². The number of imidazole rings is 1. The third-order valence-corrected chi connectivity index (χ3v) is 4.89. The van der Waals surface area contributed by atoms with Gasteiger partial charge in [-0.05, 0) is 26.7 Å². The highest BCUT2D eigenvalue weighted by Crippen LogP contribution is 2.23. The fourth-order valence-electron chi connectivity index (χ4n) is 3.48. The minimum absolute atomic E-state index is 0.00785. The van der Waals surface area contributed by atoms with E-state index in [0.29, 0.717) is 17.1 Å². The maximum Gasteiger partial charge on any atom is 0.329 e. The van der Waals surface area contributed by atoms with E-state index < -0.39 is 17.4 Å². The van der Waals surface area contributed by atoms with Crippen LogP contribution in [0.15, 0.2) is 9.59 Å². The van der Waals surface area contributed by atoms with Crippen LogP contribution in [0.3, 0.4) is 0 Å². The van der Waals surface area contributed by atoms with Gasteiger partial charge in [-0.15, -0.1) is 0 Å². The number of fused-ring (bicyclic) bond motifs is 1. The molecular formula is C18H29N5O4. The third kappa shape index (κ3) is 4.24. The summed E-state index contributed by atoms with van der Waals surface area (Å²) in [6.07, 6.45) is 3.66. The van der Waals surface area contributed by atoms with Gasteiger partial charge in [0.1, 0.15) is 0 Å². The highest BCUT2D eigenvalue weighted by atomic mass is 16.5. The van der Waals surface area contributed by atoms with E-state index in [0.717, 1.165) is 25.9 Å². The van der Waals surface area contributed by atoms with Crippen molar-refractivity contribution in [1.82, 2.24) is 19.1 Å². The summed E-state index contributed by atoms with van der Waals surface area (Å²) >= 11 is 0. The predicted octanol–water partition coefficient (Wildman–Crippen LogP) is 0.590. The lowest BCUT2D eigenvalue weighted by molar-refractivity contribution is -0.000176. The number of aryl methyl sites for hydroxylation is 1. The maximum atomic E-state index is 12.5. The average molecular weight is 379 g/mol. The number of hydrogen-bond acceptors (Lipinski definition) is 6. The Morgan fingerprint density at radius 1 is 1.19 bits per heavy atom. The van der Waals surface area contributed by atoms with E-state index in [1.54, 1.807) is 11.6 Å². The van der Waals surface area contributed by atoms with Crippen LogP contribution in [-0.4, -0.2) is 56.1 Å². The molecule has 9 heteroatoms. The summed E-state index contributed by atoms with van der Waals surface area (Å²) < 4.78 is 8.57. The second-order valence-corrected chi connectivity index (χ2v) is 7.45. The van der Waals surface area contributed by atoms with Crippen molar-refractivity contribution in [2.24, 2.45) is 7.05 Å². The Kier molecular flexibility index (Phi) is 6.01. The highest BCUT2D eigenvalue weighted by molar-refractivity contribution is 5.74. The van der Waals surface area contributed by atoms with E-state index in [-0.39, 0.29) is 19.3 Å². The lowest BCUT2D eigenvalue weighted by Crippen LogP contribution is -2.32. The predicted molar refractivity (Wildman–Crippen MR) is 103 cm³/mol. The molecule has 0 saturated carbocycles. The Morgan fingerprint density at radius 2 is 1.85 bits per heavy atom. The number of rotatable bonds is 6. The Bertz CT molecular complexity index is 890. The molecule has 1 atom stereocenters. The molecule has 3 rings (SSSR count). The van der Waals surface area contributed by atoms with Gasteiger partial charge in [0.05, 0.1) is 25.4 Å². The zero-order chi connectivity index (χ0) is 19.6. The first-order valence-corrected chi connectivity index (χ1v) is 9.62. The van der Waals surface area contributed by atoms with E-state index in [2.05, 4.69) is 14.9 Å². The number of nitrogens with one attached hydrogen (secondary N) is 1. The fourth-order valence-corrected chi connectivity index (χ4v) is 3.48. The molecule has 27 heavy (non-hydrogen) atoms. The summed E-state index contributed by atoms with van der Waals surface area (Å²) in [7, 11) is 1.59. The average Bonchev–Trinajstić information content (AvgIpc) is 2.80. The molecule has 150 valence electrons. The number of ether oxygens (including phenoxy) is 1. The molecule has 2 aromatic rings. The van der Waals surface area contributed by atoms with E-state index in [4.69, 9.17) is 4.74 Å².